The summed E-state index contributed by atoms with van der Waals surface area (Å²) in [5.74, 6) is -0.335. The Hall–Kier alpha value is -0.266. The fourth-order valence-corrected chi connectivity index (χ4v) is 8.67. The first-order valence-electron chi connectivity index (χ1n) is 12.6. The summed E-state index contributed by atoms with van der Waals surface area (Å²) >= 11 is 2.21. The smallest absolute Gasteiger partial charge is 0.331 e. The van der Waals surface area contributed by atoms with Crippen molar-refractivity contribution in [1.82, 2.24) is 0 Å². The molecule has 0 spiro atoms. The quantitative estimate of drug-likeness (QED) is 0.101. The summed E-state index contributed by atoms with van der Waals surface area (Å²) in [6, 6.07) is 2.94. The van der Waals surface area contributed by atoms with Crippen molar-refractivity contribution in [3.8, 4) is 0 Å². The predicted octanol–water partition coefficient (Wildman–Crippen LogP) is 7.28. The van der Waals surface area contributed by atoms with Gasteiger partial charge in [0, 0.05) is 18.9 Å². The summed E-state index contributed by atoms with van der Waals surface area (Å²) in [5, 5.41) is 11.7. The Morgan fingerprint density at radius 1 is 1.21 bits per heavy atom. The largest absolute Gasteiger partial charge is 0.455 e. The van der Waals surface area contributed by atoms with Gasteiger partial charge in [0.25, 0.3) is 0 Å². The molecule has 0 radical (unpaired) electrons. The van der Waals surface area contributed by atoms with Crippen LogP contribution in [0, 0.1) is 0 Å². The van der Waals surface area contributed by atoms with Crippen LogP contribution in [0.3, 0.4) is 0 Å². The van der Waals surface area contributed by atoms with Crippen LogP contribution in [-0.2, 0) is 18.4 Å². The Kier molecular flexibility index (Phi) is 12.5. The van der Waals surface area contributed by atoms with E-state index in [0.29, 0.717) is 12.8 Å². The minimum atomic E-state index is -2.05. The normalized spacial score (nSPS) is 21.6. The molecule has 0 aromatic carbocycles. The van der Waals surface area contributed by atoms with Gasteiger partial charge in [0.1, 0.15) is 6.10 Å². The van der Waals surface area contributed by atoms with Gasteiger partial charge in [-0.2, -0.15) is 0 Å². The maximum absolute atomic E-state index is 11.7. The molecule has 0 saturated heterocycles. The number of aliphatic hydroxyl groups is 1. The van der Waals surface area contributed by atoms with Gasteiger partial charge in [-0.15, -0.1) is 0 Å². The molecule has 0 bridgehead atoms. The molecule has 0 amide bonds. The van der Waals surface area contributed by atoms with Crippen LogP contribution in [0.1, 0.15) is 61.3 Å². The zero-order valence-electron chi connectivity index (χ0n) is 22.7. The van der Waals surface area contributed by atoms with Crippen molar-refractivity contribution >= 4 is 45.2 Å². The minimum Gasteiger partial charge on any atom is -0.455 e. The topological polar surface area (TPSA) is 65.0 Å². The second kappa shape index (κ2) is 13.3. The van der Waals surface area contributed by atoms with Crippen molar-refractivity contribution in [1.29, 1.82) is 0 Å². The van der Waals surface area contributed by atoms with E-state index in [2.05, 4.69) is 77.2 Å². The maximum Gasteiger partial charge on any atom is 0.331 e. The van der Waals surface area contributed by atoms with Crippen LogP contribution < -0.4 is 0 Å². The van der Waals surface area contributed by atoms with Gasteiger partial charge in [-0.3, -0.25) is 0 Å². The van der Waals surface area contributed by atoms with Crippen molar-refractivity contribution < 1.29 is 23.5 Å². The first-order valence-corrected chi connectivity index (χ1v) is 19.2. The second-order valence-corrected chi connectivity index (χ2v) is 21.2. The lowest BCUT2D eigenvalue weighted by Crippen LogP contribution is -2.52. The Bertz CT molecular complexity index is 732. The van der Waals surface area contributed by atoms with Gasteiger partial charge in [0.15, 0.2) is 16.6 Å². The average Bonchev–Trinajstić information content (AvgIpc) is 2.75. The summed E-state index contributed by atoms with van der Waals surface area (Å²) in [5.41, 5.74) is -0.907. The number of rotatable bonds is 13. The number of carbonyl (C=O) groups excluding carboxylic acids is 1. The van der Waals surface area contributed by atoms with E-state index in [4.69, 9.17) is 13.6 Å². The average molecular weight is 623 g/mol. The molecule has 0 saturated carbocycles. The molecule has 1 heterocycles. The molecule has 0 aliphatic carbocycles. The second-order valence-electron chi connectivity index (χ2n) is 11.0. The van der Waals surface area contributed by atoms with E-state index in [9.17, 15) is 9.90 Å². The lowest BCUT2D eigenvalue weighted by molar-refractivity contribution is -0.141. The number of hydrogen-bond acceptors (Lipinski definition) is 5. The van der Waals surface area contributed by atoms with Crippen molar-refractivity contribution in [3.63, 3.8) is 0 Å². The molecular weight excluding hydrogens is 575 g/mol. The first-order chi connectivity index (χ1) is 15.7. The minimum absolute atomic E-state index is 0.0715. The first kappa shape index (κ1) is 31.8. The molecule has 1 aliphatic rings. The molecule has 1 aliphatic heterocycles. The third kappa shape index (κ3) is 8.99. The van der Waals surface area contributed by atoms with Crippen molar-refractivity contribution in [2.75, 3.05) is 0 Å². The fraction of sp³-hybridized carbons (Fsp3) is 0.731. The molecule has 1 N–H and O–H groups in total. The standard InChI is InChI=1S/C26H47IO5Si2/c1-10-34(11-2,12-3)32-26(7,18-16-21-14-13-15-24(29)30-21)23(28)20-22(17-19-27)31-33(8,9)25(4,5)6/h13,15-19,21-23,28H,10-12,14,20H2,1-9H3/b18-16+,19-17-/t21-,22+,23-,26-/m1/s1. The molecule has 4 atom stereocenters. The highest BCUT2D eigenvalue weighted by molar-refractivity contribution is 14.1. The SMILES string of the molecule is CC[Si](CC)(CC)O[C@](C)(/C=C/[C@H]1CC=CC(=O)O1)[C@H](O)C[C@H](/C=C\I)O[Si](C)(C)C(C)(C)C. The molecular formula is C26H47IO5Si2. The summed E-state index contributed by atoms with van der Waals surface area (Å²) in [7, 11) is -4.08. The van der Waals surface area contributed by atoms with Crippen LogP contribution in [0.4, 0.5) is 0 Å². The third-order valence-corrected chi connectivity index (χ3v) is 17.2. The number of ether oxygens (including phenoxy) is 1. The van der Waals surface area contributed by atoms with Crippen LogP contribution >= 0.6 is 22.6 Å². The third-order valence-electron chi connectivity index (χ3n) is 7.56. The van der Waals surface area contributed by atoms with Crippen molar-refractivity contribution in [2.24, 2.45) is 0 Å². The molecule has 0 aromatic rings. The van der Waals surface area contributed by atoms with Gasteiger partial charge in [0.2, 0.25) is 0 Å². The van der Waals surface area contributed by atoms with Crippen molar-refractivity contribution in [2.45, 2.75) is 121 Å². The maximum atomic E-state index is 11.7. The van der Waals surface area contributed by atoms with Gasteiger partial charge < -0.3 is 18.7 Å². The Labute approximate surface area is 223 Å². The fourth-order valence-electron chi connectivity index (χ4n) is 3.85. The number of aliphatic hydroxyl groups excluding tert-OH is 1. The van der Waals surface area contributed by atoms with E-state index in [0.717, 1.165) is 18.1 Å². The Morgan fingerprint density at radius 3 is 2.26 bits per heavy atom. The van der Waals surface area contributed by atoms with Gasteiger partial charge in [-0.05, 0) is 53.3 Å². The molecule has 196 valence electrons. The van der Waals surface area contributed by atoms with E-state index in [1.54, 1.807) is 0 Å². The number of halogens is 1. The van der Waals surface area contributed by atoms with Crippen LogP contribution in [0.2, 0.25) is 36.3 Å². The lowest BCUT2D eigenvalue weighted by atomic mass is 9.93. The highest BCUT2D eigenvalue weighted by atomic mass is 127. The van der Waals surface area contributed by atoms with E-state index in [1.807, 2.05) is 35.3 Å². The Balaban J connectivity index is 3.26. The van der Waals surface area contributed by atoms with Crippen LogP contribution in [0.5, 0.6) is 0 Å². The molecule has 0 fully saturated rings. The summed E-state index contributed by atoms with van der Waals surface area (Å²) < 4.78 is 21.0. The van der Waals surface area contributed by atoms with Crippen LogP contribution in [-0.4, -0.2) is 51.6 Å². The van der Waals surface area contributed by atoms with Crippen LogP contribution in [0.25, 0.3) is 0 Å². The number of hydrogen-bond donors (Lipinski definition) is 1. The molecule has 34 heavy (non-hydrogen) atoms. The number of cyclic esters (lactones) is 1. The lowest BCUT2D eigenvalue weighted by Gasteiger charge is -2.43. The zero-order valence-corrected chi connectivity index (χ0v) is 26.8. The highest BCUT2D eigenvalue weighted by Crippen LogP contribution is 2.39. The molecule has 1 rings (SSSR count). The Morgan fingerprint density at radius 2 is 1.79 bits per heavy atom. The molecule has 8 heteroatoms. The van der Waals surface area contributed by atoms with Gasteiger partial charge in [-0.25, -0.2) is 4.79 Å². The summed E-state index contributed by atoms with van der Waals surface area (Å²) in [6.45, 7) is 19.7. The van der Waals surface area contributed by atoms with Gasteiger partial charge in [0.05, 0.1) is 17.8 Å². The zero-order chi connectivity index (χ0) is 26.2. The summed E-state index contributed by atoms with van der Waals surface area (Å²) in [6.07, 6.45) is 8.84. The number of esters is 1. The van der Waals surface area contributed by atoms with E-state index in [1.165, 1.54) is 6.08 Å². The molecule has 0 aromatic heterocycles. The van der Waals surface area contributed by atoms with Gasteiger partial charge in [-0.1, -0.05) is 82.4 Å². The highest BCUT2D eigenvalue weighted by Gasteiger charge is 2.43. The monoisotopic (exact) mass is 622 g/mol. The predicted molar refractivity (Wildman–Crippen MR) is 155 cm³/mol. The summed E-state index contributed by atoms with van der Waals surface area (Å²) in [4.78, 5) is 11.7. The van der Waals surface area contributed by atoms with E-state index in [-0.39, 0.29) is 23.2 Å². The van der Waals surface area contributed by atoms with Crippen LogP contribution in [0.15, 0.2) is 34.5 Å². The van der Waals surface area contributed by atoms with Crippen molar-refractivity contribution in [3.05, 3.63) is 34.5 Å². The molecule has 0 unspecified atom stereocenters. The number of carbonyl (C=O) groups is 1. The van der Waals surface area contributed by atoms with Gasteiger partial charge >= 0.3 is 5.97 Å². The molecule has 5 nitrogen and oxygen atoms in total. The van der Waals surface area contributed by atoms with E-state index < -0.39 is 28.3 Å². The van der Waals surface area contributed by atoms with E-state index >= 15 is 0 Å².